The monoisotopic (exact) mass is 329 g/mol. The minimum Gasteiger partial charge on any atom is -0.406 e. The van der Waals surface area contributed by atoms with Crippen LogP contribution in [0.4, 0.5) is 23.7 Å². The number of benzene rings is 1. The van der Waals surface area contributed by atoms with Crippen LogP contribution in [-0.2, 0) is 0 Å². The first-order chi connectivity index (χ1) is 10.9. The molecule has 2 amide bonds. The van der Waals surface area contributed by atoms with Gasteiger partial charge in [-0.25, -0.2) is 4.79 Å². The molecule has 3 rings (SSSR count). The van der Waals surface area contributed by atoms with Gasteiger partial charge < -0.3 is 20.3 Å². The SMILES string of the molecule is O=C(Nc1ccc(OC(F)(F)F)cc1)N1CCC2CCC(C1)N2. The molecule has 5 nitrogen and oxygen atoms in total. The summed E-state index contributed by atoms with van der Waals surface area (Å²) in [5.41, 5.74) is 0.437. The Balaban J connectivity index is 1.57. The summed E-state index contributed by atoms with van der Waals surface area (Å²) < 4.78 is 40.1. The summed E-state index contributed by atoms with van der Waals surface area (Å²) in [4.78, 5) is 14.0. The maximum atomic E-state index is 12.3. The Bertz CT molecular complexity index is 562. The molecule has 2 heterocycles. The molecule has 2 atom stereocenters. The van der Waals surface area contributed by atoms with E-state index in [0.717, 1.165) is 19.3 Å². The van der Waals surface area contributed by atoms with Gasteiger partial charge in [-0.2, -0.15) is 0 Å². The van der Waals surface area contributed by atoms with Crippen molar-refractivity contribution in [2.75, 3.05) is 18.4 Å². The summed E-state index contributed by atoms with van der Waals surface area (Å²) in [6, 6.07) is 5.71. The zero-order valence-electron chi connectivity index (χ0n) is 12.4. The fourth-order valence-corrected chi connectivity index (χ4v) is 3.07. The van der Waals surface area contributed by atoms with Gasteiger partial charge in [0.15, 0.2) is 0 Å². The van der Waals surface area contributed by atoms with Crippen LogP contribution in [0, 0.1) is 0 Å². The van der Waals surface area contributed by atoms with Crippen molar-refractivity contribution in [2.24, 2.45) is 0 Å². The van der Waals surface area contributed by atoms with Crippen molar-refractivity contribution < 1.29 is 22.7 Å². The van der Waals surface area contributed by atoms with E-state index in [4.69, 9.17) is 0 Å². The van der Waals surface area contributed by atoms with Gasteiger partial charge in [-0.1, -0.05) is 0 Å². The van der Waals surface area contributed by atoms with Crippen LogP contribution in [0.5, 0.6) is 5.75 Å². The third-order valence-corrected chi connectivity index (χ3v) is 4.15. The van der Waals surface area contributed by atoms with E-state index in [2.05, 4.69) is 15.4 Å². The lowest BCUT2D eigenvalue weighted by atomic mass is 10.1. The predicted molar refractivity (Wildman–Crippen MR) is 78.3 cm³/mol. The van der Waals surface area contributed by atoms with Gasteiger partial charge in [0.1, 0.15) is 5.75 Å². The maximum absolute atomic E-state index is 12.3. The molecule has 0 radical (unpaired) electrons. The normalized spacial score (nSPS) is 24.2. The summed E-state index contributed by atoms with van der Waals surface area (Å²) in [7, 11) is 0. The van der Waals surface area contributed by atoms with Gasteiger partial charge in [0, 0.05) is 30.9 Å². The van der Waals surface area contributed by atoms with Gasteiger partial charge in [-0.15, -0.1) is 13.2 Å². The summed E-state index contributed by atoms with van der Waals surface area (Å²) in [5, 5.41) is 6.20. The Kier molecular flexibility index (Phi) is 4.34. The lowest BCUT2D eigenvalue weighted by Gasteiger charge is -2.24. The summed E-state index contributed by atoms with van der Waals surface area (Å²) in [5.74, 6) is -0.313. The van der Waals surface area contributed by atoms with E-state index in [1.54, 1.807) is 4.90 Å². The molecule has 2 saturated heterocycles. The number of carbonyl (C=O) groups excluding carboxylic acids is 1. The molecule has 1 aromatic rings. The molecule has 23 heavy (non-hydrogen) atoms. The molecule has 2 bridgehead atoms. The average molecular weight is 329 g/mol. The minimum atomic E-state index is -4.72. The molecule has 0 aliphatic carbocycles. The van der Waals surface area contributed by atoms with Crippen molar-refractivity contribution in [3.63, 3.8) is 0 Å². The number of halogens is 3. The van der Waals surface area contributed by atoms with Crippen LogP contribution in [-0.4, -0.2) is 42.5 Å². The van der Waals surface area contributed by atoms with Crippen LogP contribution in [0.1, 0.15) is 19.3 Å². The van der Waals surface area contributed by atoms with E-state index in [0.29, 0.717) is 30.9 Å². The number of urea groups is 1. The predicted octanol–water partition coefficient (Wildman–Crippen LogP) is 2.94. The van der Waals surface area contributed by atoms with Gasteiger partial charge in [0.2, 0.25) is 0 Å². The number of alkyl halides is 3. The molecule has 0 aromatic heterocycles. The molecule has 2 fully saturated rings. The van der Waals surface area contributed by atoms with Gasteiger partial charge in [0.05, 0.1) is 0 Å². The molecule has 8 heteroatoms. The molecule has 2 unspecified atom stereocenters. The number of nitrogens with zero attached hydrogens (tertiary/aromatic N) is 1. The first-order valence-electron chi connectivity index (χ1n) is 7.57. The third-order valence-electron chi connectivity index (χ3n) is 4.15. The van der Waals surface area contributed by atoms with E-state index < -0.39 is 6.36 Å². The van der Waals surface area contributed by atoms with Crippen molar-refractivity contribution in [2.45, 2.75) is 37.7 Å². The largest absolute Gasteiger partial charge is 0.573 e. The number of ether oxygens (including phenoxy) is 1. The number of hydrogen-bond donors (Lipinski definition) is 2. The van der Waals surface area contributed by atoms with Crippen molar-refractivity contribution in [3.05, 3.63) is 24.3 Å². The highest BCUT2D eigenvalue weighted by Gasteiger charge is 2.32. The lowest BCUT2D eigenvalue weighted by molar-refractivity contribution is -0.274. The second-order valence-corrected chi connectivity index (χ2v) is 5.87. The number of nitrogens with one attached hydrogen (secondary N) is 2. The average Bonchev–Trinajstić information content (AvgIpc) is 2.78. The lowest BCUT2D eigenvalue weighted by Crippen LogP contribution is -2.41. The van der Waals surface area contributed by atoms with Crippen LogP contribution >= 0.6 is 0 Å². The fraction of sp³-hybridized carbons (Fsp3) is 0.533. The van der Waals surface area contributed by atoms with Crippen molar-refractivity contribution >= 4 is 11.7 Å². The fourth-order valence-electron chi connectivity index (χ4n) is 3.07. The van der Waals surface area contributed by atoms with Gasteiger partial charge in [0.25, 0.3) is 0 Å². The van der Waals surface area contributed by atoms with Crippen molar-refractivity contribution in [1.82, 2.24) is 10.2 Å². The van der Waals surface area contributed by atoms with Crippen LogP contribution in [0.15, 0.2) is 24.3 Å². The Morgan fingerprint density at radius 2 is 1.87 bits per heavy atom. The van der Waals surface area contributed by atoms with Gasteiger partial charge >= 0.3 is 12.4 Å². The second kappa shape index (κ2) is 6.27. The van der Waals surface area contributed by atoms with Crippen molar-refractivity contribution in [1.29, 1.82) is 0 Å². The molecule has 2 aliphatic rings. The number of fused-ring (bicyclic) bond motifs is 2. The quantitative estimate of drug-likeness (QED) is 0.877. The highest BCUT2D eigenvalue weighted by Crippen LogP contribution is 2.25. The van der Waals surface area contributed by atoms with Crippen molar-refractivity contribution in [3.8, 4) is 5.75 Å². The molecule has 126 valence electrons. The topological polar surface area (TPSA) is 53.6 Å². The zero-order chi connectivity index (χ0) is 16.4. The third kappa shape index (κ3) is 4.28. The van der Waals surface area contributed by atoms with E-state index in [-0.39, 0.29) is 11.8 Å². The highest BCUT2D eigenvalue weighted by atomic mass is 19.4. The van der Waals surface area contributed by atoms with E-state index in [1.165, 1.54) is 24.3 Å². The molecule has 2 N–H and O–H groups in total. The smallest absolute Gasteiger partial charge is 0.406 e. The molecule has 1 aromatic carbocycles. The molecule has 0 saturated carbocycles. The summed E-state index contributed by atoms with van der Waals surface area (Å²) in [6.45, 7) is 1.33. The van der Waals surface area contributed by atoms with E-state index in [1.807, 2.05) is 0 Å². The van der Waals surface area contributed by atoms with E-state index >= 15 is 0 Å². The number of likely N-dealkylation sites (tertiary alicyclic amines) is 1. The van der Waals surface area contributed by atoms with Crippen LogP contribution < -0.4 is 15.4 Å². The van der Waals surface area contributed by atoms with Crippen LogP contribution in [0.3, 0.4) is 0 Å². The molecule has 0 spiro atoms. The minimum absolute atomic E-state index is 0.233. The highest BCUT2D eigenvalue weighted by molar-refractivity contribution is 5.89. The molecular formula is C15H18F3N3O2. The standard InChI is InChI=1S/C15H18F3N3O2/c16-15(17,18)23-13-5-3-10(4-6-13)20-14(22)21-8-7-11-1-2-12(9-21)19-11/h3-6,11-12,19H,1-2,7-9H2,(H,20,22). The Labute approximate surface area is 131 Å². The Morgan fingerprint density at radius 3 is 2.57 bits per heavy atom. The van der Waals surface area contributed by atoms with Crippen LogP contribution in [0.2, 0.25) is 0 Å². The molecule has 2 aliphatic heterocycles. The zero-order valence-corrected chi connectivity index (χ0v) is 12.4. The first kappa shape index (κ1) is 15.9. The Morgan fingerprint density at radius 1 is 1.17 bits per heavy atom. The number of rotatable bonds is 2. The summed E-state index contributed by atoms with van der Waals surface area (Å²) in [6.07, 6.45) is -1.58. The van der Waals surface area contributed by atoms with E-state index in [9.17, 15) is 18.0 Å². The van der Waals surface area contributed by atoms with Gasteiger partial charge in [-0.3, -0.25) is 0 Å². The number of carbonyl (C=O) groups is 1. The number of anilines is 1. The Hall–Kier alpha value is -1.96. The second-order valence-electron chi connectivity index (χ2n) is 5.87. The first-order valence-corrected chi connectivity index (χ1v) is 7.57. The molecular weight excluding hydrogens is 311 g/mol. The number of amides is 2. The van der Waals surface area contributed by atoms with Crippen LogP contribution in [0.25, 0.3) is 0 Å². The van der Waals surface area contributed by atoms with Gasteiger partial charge in [-0.05, 0) is 43.5 Å². The summed E-state index contributed by atoms with van der Waals surface area (Å²) >= 11 is 0. The maximum Gasteiger partial charge on any atom is 0.573 e. The number of hydrogen-bond acceptors (Lipinski definition) is 3.